The number of carbonyl (C=O) groups excluding carboxylic acids is 1. The highest BCUT2D eigenvalue weighted by Crippen LogP contribution is 2.17. The smallest absolute Gasteiger partial charge is 0.481 e. The summed E-state index contributed by atoms with van der Waals surface area (Å²) < 4.78 is 14.7. The van der Waals surface area contributed by atoms with Crippen LogP contribution in [-0.4, -0.2) is 52.7 Å². The Labute approximate surface area is 126 Å². The summed E-state index contributed by atoms with van der Waals surface area (Å²) in [7, 11) is 0. The Morgan fingerprint density at radius 3 is 2.45 bits per heavy atom. The largest absolute Gasteiger partial charge is 0.511 e. The van der Waals surface area contributed by atoms with E-state index in [0.717, 1.165) is 5.02 Å². The van der Waals surface area contributed by atoms with Gasteiger partial charge >= 0.3 is 12.1 Å². The molecule has 0 aromatic carbocycles. The number of hydrogen-bond acceptors (Lipinski definition) is 7. The zero-order chi connectivity index (χ0) is 16.3. The van der Waals surface area contributed by atoms with Crippen molar-refractivity contribution in [3.05, 3.63) is 0 Å². The van der Waals surface area contributed by atoms with Crippen molar-refractivity contribution in [3.63, 3.8) is 0 Å². The average Bonchev–Trinajstić information content (AvgIpc) is 3.16. The molecule has 1 aliphatic heterocycles. The Morgan fingerprint density at radius 2 is 1.91 bits per heavy atom. The molecule has 22 heavy (non-hydrogen) atoms. The number of ether oxygens (including phenoxy) is 2. The lowest BCUT2D eigenvalue weighted by Crippen LogP contribution is -2.42. The van der Waals surface area contributed by atoms with Gasteiger partial charge in [-0.25, -0.2) is 4.79 Å². The van der Waals surface area contributed by atoms with E-state index in [-0.39, 0.29) is 12.7 Å². The van der Waals surface area contributed by atoms with Crippen molar-refractivity contribution in [1.29, 1.82) is 0 Å². The first-order chi connectivity index (χ1) is 10.3. The van der Waals surface area contributed by atoms with Gasteiger partial charge in [0.1, 0.15) is 10.6 Å². The third-order valence-corrected chi connectivity index (χ3v) is 3.05. The second-order valence-corrected chi connectivity index (χ2v) is 5.99. The molecule has 0 saturated carbocycles. The minimum Gasteiger partial charge on any atom is -0.481 e. The molecule has 0 radical (unpaired) electrons. The van der Waals surface area contributed by atoms with Crippen LogP contribution in [0, 0.1) is 5.92 Å². The maximum absolute atomic E-state index is 11.3. The zero-order valence-corrected chi connectivity index (χ0v) is 12.9. The fraction of sp³-hybridized carbons (Fsp3) is 0.833. The van der Waals surface area contributed by atoms with Crippen LogP contribution in [-0.2, 0) is 14.3 Å². The monoisotopic (exact) mass is 319 g/mol. The molecule has 1 saturated heterocycles. The molecule has 1 aromatic heterocycles. The molecule has 1 aliphatic rings. The number of aromatic nitrogens is 2. The van der Waals surface area contributed by atoms with E-state index in [0.29, 0.717) is 25.9 Å². The van der Waals surface area contributed by atoms with E-state index in [1.165, 1.54) is 4.96 Å². The predicted molar refractivity (Wildman–Crippen MR) is 71.8 cm³/mol. The summed E-state index contributed by atoms with van der Waals surface area (Å²) in [6, 6.07) is 0. The fourth-order valence-corrected chi connectivity index (χ4v) is 1.96. The van der Waals surface area contributed by atoms with E-state index in [9.17, 15) is 9.59 Å². The van der Waals surface area contributed by atoms with Crippen molar-refractivity contribution in [2.24, 2.45) is 5.92 Å². The second-order valence-electron chi connectivity index (χ2n) is 5.99. The Kier molecular flexibility index (Phi) is 4.57. The lowest BCUT2D eigenvalue weighted by Gasteiger charge is -2.26. The summed E-state index contributed by atoms with van der Waals surface area (Å²) in [5.74, 6) is -1.09. The van der Waals surface area contributed by atoms with Crippen LogP contribution in [0.4, 0.5) is 4.79 Å². The maximum Gasteiger partial charge on any atom is 0.511 e. The Bertz CT molecular complexity index is 502. The molecule has 0 aliphatic carbocycles. The fourth-order valence-electron chi connectivity index (χ4n) is 1.96. The van der Waals surface area contributed by atoms with Crippen molar-refractivity contribution in [2.75, 3.05) is 24.9 Å². The van der Waals surface area contributed by atoms with Gasteiger partial charge in [-0.2, -0.15) is 4.63 Å². The molecular formula is C12H21N3O7. The second kappa shape index (κ2) is 6.24. The molecule has 2 heterocycles. The van der Waals surface area contributed by atoms with E-state index < -0.39 is 17.7 Å². The highest BCUT2D eigenvalue weighted by molar-refractivity contribution is 5.70. The minimum absolute atomic E-state index is 0.318. The number of carboxylic acids is 1. The van der Waals surface area contributed by atoms with Gasteiger partial charge < -0.3 is 19.4 Å². The van der Waals surface area contributed by atoms with E-state index >= 15 is 0 Å². The molecule has 0 unspecified atom stereocenters. The molecule has 1 N–H and O–H groups in total. The number of hydrogen-bond donors (Lipinski definition) is 1. The van der Waals surface area contributed by atoms with Crippen LogP contribution in [0.15, 0.2) is 4.63 Å². The first-order valence-electron chi connectivity index (χ1n) is 7.01. The van der Waals surface area contributed by atoms with Crippen LogP contribution >= 0.6 is 0 Å². The molecule has 0 atom stereocenters. The molecule has 0 bridgehead atoms. The van der Waals surface area contributed by atoms with Crippen molar-refractivity contribution in [3.8, 4) is 0 Å². The van der Waals surface area contributed by atoms with Crippen LogP contribution in [0.2, 0.25) is 0 Å². The maximum atomic E-state index is 11.3. The quantitative estimate of drug-likeness (QED) is 0.622. The third-order valence-electron chi connectivity index (χ3n) is 3.05. The number of carbonyl (C=O) groups is 2. The van der Waals surface area contributed by atoms with Crippen molar-refractivity contribution in [1.82, 2.24) is 9.98 Å². The number of nitrogens with zero attached hydrogens (tertiary/aromatic N) is 3. The van der Waals surface area contributed by atoms with E-state index in [1.807, 2.05) is 0 Å². The summed E-state index contributed by atoms with van der Waals surface area (Å²) in [4.78, 5) is 28.5. The van der Waals surface area contributed by atoms with Gasteiger partial charge in [-0.05, 0) is 33.6 Å². The van der Waals surface area contributed by atoms with Crippen LogP contribution in [0.5, 0.6) is 0 Å². The summed E-state index contributed by atoms with van der Waals surface area (Å²) in [5, 5.41) is 11.8. The lowest BCUT2D eigenvalue weighted by atomic mass is 9.98. The summed E-state index contributed by atoms with van der Waals surface area (Å²) in [6.07, 6.45) is 0.248. The van der Waals surface area contributed by atoms with Crippen LogP contribution < -0.4 is 9.85 Å². The zero-order valence-electron chi connectivity index (χ0n) is 12.9. The highest BCUT2D eigenvalue weighted by atomic mass is 17.0. The van der Waals surface area contributed by atoms with Crippen molar-refractivity contribution < 1.29 is 33.6 Å². The standard InChI is InChI=1S/C12H21N3O7/c1-12(2,3)21-11(18)19-8-20-15-14(22-15)13-6-4-9(5-7-13)10(16)17/h9H,4-8H2,1-3H3,(H,16,17). The van der Waals surface area contributed by atoms with Gasteiger partial charge in [-0.15, -0.1) is 0 Å². The van der Waals surface area contributed by atoms with Gasteiger partial charge in [0, 0.05) is 18.1 Å². The van der Waals surface area contributed by atoms with Gasteiger partial charge in [-0.3, -0.25) is 9.80 Å². The topological polar surface area (TPSA) is 108 Å². The third kappa shape index (κ3) is 4.64. The SMILES string of the molecule is CC(C)(C)OC(=O)OCOn1on1N1CCC(C(=O)O)CC1. The molecule has 10 heteroatoms. The van der Waals surface area contributed by atoms with E-state index in [1.54, 1.807) is 25.8 Å². The van der Waals surface area contributed by atoms with Gasteiger partial charge in [0.15, 0.2) is 0 Å². The number of aliphatic carboxylic acids is 1. The Morgan fingerprint density at radius 1 is 1.27 bits per heavy atom. The summed E-state index contributed by atoms with van der Waals surface area (Å²) in [6.45, 7) is 5.92. The highest BCUT2D eigenvalue weighted by Gasteiger charge is 2.29. The lowest BCUT2D eigenvalue weighted by molar-refractivity contribution is -0.142. The molecule has 1 fully saturated rings. The first-order valence-corrected chi connectivity index (χ1v) is 7.01. The molecule has 0 amide bonds. The number of piperidine rings is 1. The average molecular weight is 319 g/mol. The molecule has 2 rings (SSSR count). The van der Waals surface area contributed by atoms with Crippen LogP contribution in [0.25, 0.3) is 0 Å². The Balaban J connectivity index is 1.65. The van der Waals surface area contributed by atoms with Crippen molar-refractivity contribution >= 4 is 12.1 Å². The predicted octanol–water partition coefficient (Wildman–Crippen LogP) is 0.653. The van der Waals surface area contributed by atoms with E-state index in [2.05, 4.69) is 0 Å². The summed E-state index contributed by atoms with van der Waals surface area (Å²) >= 11 is 0. The number of rotatable bonds is 5. The van der Waals surface area contributed by atoms with Gasteiger partial charge in [0.2, 0.25) is 0 Å². The van der Waals surface area contributed by atoms with E-state index in [4.69, 9.17) is 24.0 Å². The van der Waals surface area contributed by atoms with Gasteiger partial charge in [-0.1, -0.05) is 0 Å². The van der Waals surface area contributed by atoms with Crippen LogP contribution in [0.3, 0.4) is 0 Å². The normalized spacial score (nSPS) is 16.6. The van der Waals surface area contributed by atoms with Crippen molar-refractivity contribution in [2.45, 2.75) is 39.2 Å². The Hall–Kier alpha value is -2.26. The first kappa shape index (κ1) is 16.1. The molecular weight excluding hydrogens is 298 g/mol. The van der Waals surface area contributed by atoms with Gasteiger partial charge in [0.25, 0.3) is 6.79 Å². The molecule has 126 valence electrons. The summed E-state index contributed by atoms with van der Waals surface area (Å²) in [5.41, 5.74) is -0.631. The molecule has 10 nitrogen and oxygen atoms in total. The minimum atomic E-state index is -0.830. The number of carboxylic acid groups (broad SMARTS) is 1. The van der Waals surface area contributed by atoms with Gasteiger partial charge in [0.05, 0.1) is 5.92 Å². The molecule has 0 spiro atoms. The van der Waals surface area contributed by atoms with Crippen LogP contribution in [0.1, 0.15) is 33.6 Å². The molecule has 1 aromatic rings.